The molecule has 5 nitrogen and oxygen atoms in total. The first-order valence-electron chi connectivity index (χ1n) is 7.01. The molecule has 0 radical (unpaired) electrons. The zero-order valence-corrected chi connectivity index (χ0v) is 11.7. The number of hydrogen-bond acceptors (Lipinski definition) is 4. The number of aliphatic hydroxyl groups excluding tert-OH is 1. The first-order chi connectivity index (χ1) is 9.70. The van der Waals surface area contributed by atoms with Crippen molar-refractivity contribution in [2.45, 2.75) is 25.9 Å². The van der Waals surface area contributed by atoms with E-state index in [1.807, 2.05) is 6.07 Å². The van der Waals surface area contributed by atoms with Crippen LogP contribution in [0, 0.1) is 0 Å². The Morgan fingerprint density at radius 1 is 1.35 bits per heavy atom. The van der Waals surface area contributed by atoms with Crippen LogP contribution in [0.5, 0.6) is 0 Å². The Bertz CT molecular complexity index is 463. The summed E-state index contributed by atoms with van der Waals surface area (Å²) in [5.41, 5.74) is 4.03. The monoisotopic (exact) mass is 275 g/mol. The van der Waals surface area contributed by atoms with E-state index in [0.717, 1.165) is 38.2 Å². The van der Waals surface area contributed by atoms with Crippen LogP contribution in [0.15, 0.2) is 35.4 Å². The van der Waals surface area contributed by atoms with Gasteiger partial charge in [-0.1, -0.05) is 37.3 Å². The number of amides is 1. The Labute approximate surface area is 119 Å². The van der Waals surface area contributed by atoms with Gasteiger partial charge in [-0.05, 0) is 12.1 Å². The van der Waals surface area contributed by atoms with Gasteiger partial charge in [0.15, 0.2) is 6.10 Å². The summed E-state index contributed by atoms with van der Waals surface area (Å²) in [6.45, 7) is 5.14. The molecule has 2 N–H and O–H groups in total. The lowest BCUT2D eigenvalue weighted by Crippen LogP contribution is -2.35. The van der Waals surface area contributed by atoms with Gasteiger partial charge >= 0.3 is 0 Å². The van der Waals surface area contributed by atoms with Crippen molar-refractivity contribution in [3.05, 3.63) is 35.9 Å². The molecule has 0 bridgehead atoms. The van der Waals surface area contributed by atoms with Crippen LogP contribution in [0.4, 0.5) is 0 Å². The summed E-state index contributed by atoms with van der Waals surface area (Å²) < 4.78 is 0. The van der Waals surface area contributed by atoms with E-state index in [-0.39, 0.29) is 0 Å². The predicted molar refractivity (Wildman–Crippen MR) is 78.3 cm³/mol. The van der Waals surface area contributed by atoms with Gasteiger partial charge in [0.2, 0.25) is 0 Å². The lowest BCUT2D eigenvalue weighted by molar-refractivity contribution is -0.129. The number of nitrogens with zero attached hydrogens (tertiary/aromatic N) is 2. The summed E-state index contributed by atoms with van der Waals surface area (Å²) in [6.07, 6.45) is 0.571. The summed E-state index contributed by atoms with van der Waals surface area (Å²) >= 11 is 0. The van der Waals surface area contributed by atoms with E-state index in [1.165, 1.54) is 0 Å². The molecular weight excluding hydrogens is 254 g/mol. The van der Waals surface area contributed by atoms with Crippen molar-refractivity contribution in [1.82, 2.24) is 10.3 Å². The minimum atomic E-state index is -1.17. The molecule has 1 aliphatic heterocycles. The molecule has 0 saturated carbocycles. The highest BCUT2D eigenvalue weighted by Gasteiger charge is 2.18. The van der Waals surface area contributed by atoms with Crippen LogP contribution in [0.3, 0.4) is 0 Å². The number of carbonyl (C=O) groups excluding carboxylic acids is 1. The third-order valence-electron chi connectivity index (χ3n) is 3.57. The van der Waals surface area contributed by atoms with E-state index in [0.29, 0.717) is 5.56 Å². The highest BCUT2D eigenvalue weighted by Crippen LogP contribution is 2.12. The Kier molecular flexibility index (Phi) is 5.26. The second kappa shape index (κ2) is 7.17. The van der Waals surface area contributed by atoms with Crippen LogP contribution in [0.2, 0.25) is 0 Å². The largest absolute Gasteiger partial charge is 0.378 e. The molecule has 1 aromatic carbocycles. The molecule has 5 heteroatoms. The van der Waals surface area contributed by atoms with Crippen LogP contribution < -0.4 is 5.43 Å². The van der Waals surface area contributed by atoms with Crippen LogP contribution in [0.1, 0.15) is 31.4 Å². The Morgan fingerprint density at radius 3 is 2.60 bits per heavy atom. The fourth-order valence-electron chi connectivity index (χ4n) is 2.22. The summed E-state index contributed by atoms with van der Waals surface area (Å²) in [5.74, 6) is -0.485. The molecule has 20 heavy (non-hydrogen) atoms. The maximum absolute atomic E-state index is 11.8. The van der Waals surface area contributed by atoms with Crippen molar-refractivity contribution in [3.63, 3.8) is 0 Å². The number of aliphatic hydroxyl groups is 1. The van der Waals surface area contributed by atoms with E-state index < -0.39 is 12.0 Å². The second-order valence-electron chi connectivity index (χ2n) is 4.90. The normalized spacial score (nSPS) is 17.6. The smallest absolute Gasteiger partial charge is 0.273 e. The number of hydrogen-bond donors (Lipinski definition) is 2. The van der Waals surface area contributed by atoms with Gasteiger partial charge in [0.25, 0.3) is 5.91 Å². The molecule has 1 aliphatic rings. The van der Waals surface area contributed by atoms with Crippen LogP contribution >= 0.6 is 0 Å². The molecule has 2 rings (SSSR count). The molecule has 108 valence electrons. The van der Waals surface area contributed by atoms with Gasteiger partial charge in [0.1, 0.15) is 0 Å². The summed E-state index contributed by atoms with van der Waals surface area (Å²) in [7, 11) is 0. The number of likely N-dealkylation sites (tertiary alicyclic amines) is 1. The molecule has 0 spiro atoms. The Hall–Kier alpha value is -1.72. The van der Waals surface area contributed by atoms with E-state index in [9.17, 15) is 9.90 Å². The zero-order valence-electron chi connectivity index (χ0n) is 11.7. The maximum atomic E-state index is 11.8. The van der Waals surface area contributed by atoms with Crippen molar-refractivity contribution in [3.8, 4) is 0 Å². The molecule has 1 atom stereocenters. The van der Waals surface area contributed by atoms with E-state index in [4.69, 9.17) is 0 Å². The Balaban J connectivity index is 1.86. The molecule has 1 amide bonds. The summed E-state index contributed by atoms with van der Waals surface area (Å²) in [5, 5.41) is 14.0. The maximum Gasteiger partial charge on any atom is 0.273 e. The van der Waals surface area contributed by atoms with Crippen molar-refractivity contribution < 1.29 is 9.90 Å². The van der Waals surface area contributed by atoms with Gasteiger partial charge in [0, 0.05) is 31.6 Å². The lowest BCUT2D eigenvalue weighted by Gasteiger charge is -2.25. The van der Waals surface area contributed by atoms with Gasteiger partial charge in [-0.3, -0.25) is 4.79 Å². The second-order valence-corrected chi connectivity index (χ2v) is 4.90. The van der Waals surface area contributed by atoms with Crippen molar-refractivity contribution in [2.24, 2.45) is 5.10 Å². The first-order valence-corrected chi connectivity index (χ1v) is 7.01. The summed E-state index contributed by atoms with van der Waals surface area (Å²) in [4.78, 5) is 14.2. The quantitative estimate of drug-likeness (QED) is 0.814. The lowest BCUT2D eigenvalue weighted by atomic mass is 10.1. The summed E-state index contributed by atoms with van der Waals surface area (Å²) in [6, 6.07) is 8.86. The number of hydrazone groups is 1. The molecule has 1 saturated heterocycles. The number of carbonyl (C=O) groups is 1. The molecule has 1 fully saturated rings. The topological polar surface area (TPSA) is 64.9 Å². The Morgan fingerprint density at radius 2 is 2.00 bits per heavy atom. The van der Waals surface area contributed by atoms with E-state index >= 15 is 0 Å². The molecule has 0 aliphatic carbocycles. The third-order valence-corrected chi connectivity index (χ3v) is 3.57. The van der Waals surface area contributed by atoms with Gasteiger partial charge in [-0.15, -0.1) is 0 Å². The zero-order chi connectivity index (χ0) is 14.4. The highest BCUT2D eigenvalue weighted by molar-refractivity contribution is 5.88. The number of nitrogens with one attached hydrogen (secondary N) is 1. The number of piperidine rings is 1. The fraction of sp³-hybridized carbons (Fsp3) is 0.467. The van der Waals surface area contributed by atoms with E-state index in [2.05, 4.69) is 22.4 Å². The average Bonchev–Trinajstić information content (AvgIpc) is 2.53. The predicted octanol–water partition coefficient (Wildman–Crippen LogP) is 1.31. The molecule has 0 aromatic heterocycles. The average molecular weight is 275 g/mol. The van der Waals surface area contributed by atoms with E-state index in [1.54, 1.807) is 24.3 Å². The first kappa shape index (κ1) is 14.7. The number of rotatable bonds is 4. The minimum absolute atomic E-state index is 0.485. The van der Waals surface area contributed by atoms with Crippen LogP contribution in [0.25, 0.3) is 0 Å². The van der Waals surface area contributed by atoms with Crippen molar-refractivity contribution >= 4 is 11.6 Å². The molecular formula is C15H21N3O2. The van der Waals surface area contributed by atoms with Crippen molar-refractivity contribution in [1.29, 1.82) is 0 Å². The fourth-order valence-corrected chi connectivity index (χ4v) is 2.22. The van der Waals surface area contributed by atoms with Gasteiger partial charge in [-0.2, -0.15) is 5.10 Å². The van der Waals surface area contributed by atoms with Gasteiger partial charge in [0.05, 0.1) is 0 Å². The standard InChI is InChI=1S/C15H21N3O2/c1-2-18-10-8-13(9-11-18)16-17-15(20)14(19)12-6-4-3-5-7-12/h3-7,14,19H,2,8-11H2,1H3,(H,17,20)/t14-/m1/s1. The van der Waals surface area contributed by atoms with Crippen LogP contribution in [-0.4, -0.2) is 41.3 Å². The van der Waals surface area contributed by atoms with Gasteiger partial charge in [-0.25, -0.2) is 5.43 Å². The van der Waals surface area contributed by atoms with Gasteiger partial charge < -0.3 is 10.0 Å². The third kappa shape index (κ3) is 3.88. The highest BCUT2D eigenvalue weighted by atomic mass is 16.3. The number of benzene rings is 1. The molecule has 1 heterocycles. The minimum Gasteiger partial charge on any atom is -0.378 e. The van der Waals surface area contributed by atoms with Crippen molar-refractivity contribution in [2.75, 3.05) is 19.6 Å². The molecule has 1 aromatic rings. The molecule has 0 unspecified atom stereocenters. The van der Waals surface area contributed by atoms with Crippen LogP contribution in [-0.2, 0) is 4.79 Å². The SMILES string of the molecule is CCN1CCC(=NNC(=O)[C@H](O)c2ccccc2)CC1.